The summed E-state index contributed by atoms with van der Waals surface area (Å²) in [5.41, 5.74) is 9.31. The predicted molar refractivity (Wildman–Crippen MR) is 72.5 cm³/mol. The van der Waals surface area contributed by atoms with Gasteiger partial charge in [-0.25, -0.2) is 4.39 Å². The van der Waals surface area contributed by atoms with Gasteiger partial charge in [0.25, 0.3) is 0 Å². The Morgan fingerprint density at radius 3 is 2.63 bits per heavy atom. The van der Waals surface area contributed by atoms with Crippen molar-refractivity contribution in [1.29, 1.82) is 0 Å². The Bertz CT molecular complexity index is 594. The molecule has 0 aliphatic carbocycles. The lowest BCUT2D eigenvalue weighted by Crippen LogP contribution is -2.24. The molecule has 0 amide bonds. The number of halogens is 1. The molecule has 2 aromatic carbocycles. The van der Waals surface area contributed by atoms with Crippen LogP contribution in [0.2, 0.25) is 0 Å². The summed E-state index contributed by atoms with van der Waals surface area (Å²) in [4.78, 5) is 0. The van der Waals surface area contributed by atoms with Crippen molar-refractivity contribution in [3.63, 3.8) is 0 Å². The Hall–Kier alpha value is -1.87. The minimum absolute atomic E-state index is 0.107. The molecule has 98 valence electrons. The largest absolute Gasteiger partial charge is 0.485 e. The van der Waals surface area contributed by atoms with Gasteiger partial charge in [0.05, 0.1) is 0 Å². The monoisotopic (exact) mass is 257 g/mol. The minimum atomic E-state index is -0.296. The highest BCUT2D eigenvalue weighted by molar-refractivity contribution is 5.39. The average Bonchev–Trinajstić information content (AvgIpc) is 2.38. The standard InChI is InChI=1S/C16H16FNO/c1-10-2-4-11(5-3-10)15-9-14(18)13-7-6-12(17)8-16(13)19-15/h2-8,14-15H,9,18H2,1H3. The second-order valence-electron chi connectivity index (χ2n) is 5.04. The average molecular weight is 257 g/mol. The van der Waals surface area contributed by atoms with E-state index in [0.29, 0.717) is 12.2 Å². The van der Waals surface area contributed by atoms with E-state index in [-0.39, 0.29) is 18.0 Å². The van der Waals surface area contributed by atoms with Crippen molar-refractivity contribution in [2.75, 3.05) is 0 Å². The molecule has 3 heteroatoms. The van der Waals surface area contributed by atoms with Crippen molar-refractivity contribution in [2.24, 2.45) is 5.73 Å². The summed E-state index contributed by atoms with van der Waals surface area (Å²) in [6.07, 6.45) is 0.603. The second kappa shape index (κ2) is 4.67. The molecule has 0 radical (unpaired) electrons. The maximum atomic E-state index is 13.3. The maximum absolute atomic E-state index is 13.3. The molecule has 2 nitrogen and oxygen atoms in total. The fraction of sp³-hybridized carbons (Fsp3) is 0.250. The van der Waals surface area contributed by atoms with Crippen molar-refractivity contribution >= 4 is 0 Å². The summed E-state index contributed by atoms with van der Waals surface area (Å²) >= 11 is 0. The lowest BCUT2D eigenvalue weighted by atomic mass is 9.93. The molecule has 2 aromatic rings. The van der Waals surface area contributed by atoms with Crippen molar-refractivity contribution in [2.45, 2.75) is 25.5 Å². The first-order valence-corrected chi connectivity index (χ1v) is 6.42. The number of hydrogen-bond acceptors (Lipinski definition) is 2. The molecular weight excluding hydrogens is 241 g/mol. The maximum Gasteiger partial charge on any atom is 0.127 e. The van der Waals surface area contributed by atoms with Crippen LogP contribution in [0.25, 0.3) is 0 Å². The SMILES string of the molecule is Cc1ccc(C2CC(N)c3ccc(F)cc3O2)cc1. The summed E-state index contributed by atoms with van der Waals surface area (Å²) < 4.78 is 19.2. The van der Waals surface area contributed by atoms with Crippen LogP contribution in [0, 0.1) is 12.7 Å². The number of benzene rings is 2. The fourth-order valence-electron chi connectivity index (χ4n) is 2.46. The molecule has 0 bridgehead atoms. The number of nitrogens with two attached hydrogens (primary N) is 1. The zero-order valence-electron chi connectivity index (χ0n) is 10.8. The summed E-state index contributed by atoms with van der Waals surface area (Å²) in [5, 5.41) is 0. The highest BCUT2D eigenvalue weighted by Gasteiger charge is 2.27. The molecule has 19 heavy (non-hydrogen) atoms. The Morgan fingerprint density at radius 1 is 1.16 bits per heavy atom. The quantitative estimate of drug-likeness (QED) is 0.846. The molecule has 0 aromatic heterocycles. The zero-order chi connectivity index (χ0) is 13.4. The molecule has 0 fully saturated rings. The first-order valence-electron chi connectivity index (χ1n) is 6.42. The molecule has 0 saturated heterocycles. The third kappa shape index (κ3) is 2.34. The highest BCUT2D eigenvalue weighted by atomic mass is 19.1. The fourth-order valence-corrected chi connectivity index (χ4v) is 2.46. The first kappa shape index (κ1) is 12.2. The van der Waals surface area contributed by atoms with Crippen LogP contribution in [0.4, 0.5) is 4.39 Å². The van der Waals surface area contributed by atoms with Crippen molar-refractivity contribution in [3.05, 3.63) is 65.0 Å². The first-order chi connectivity index (χ1) is 9.13. The smallest absolute Gasteiger partial charge is 0.127 e. The Labute approximate surface area is 112 Å². The zero-order valence-corrected chi connectivity index (χ0v) is 10.8. The van der Waals surface area contributed by atoms with Crippen LogP contribution in [0.15, 0.2) is 42.5 Å². The number of aryl methyl sites for hydroxylation is 1. The van der Waals surface area contributed by atoms with Gasteiger partial charge in [-0.3, -0.25) is 0 Å². The van der Waals surface area contributed by atoms with Crippen molar-refractivity contribution in [3.8, 4) is 5.75 Å². The van der Waals surface area contributed by atoms with E-state index < -0.39 is 0 Å². The Balaban J connectivity index is 1.93. The topological polar surface area (TPSA) is 35.2 Å². The van der Waals surface area contributed by atoms with Crippen molar-refractivity contribution in [1.82, 2.24) is 0 Å². The number of rotatable bonds is 1. The summed E-state index contributed by atoms with van der Waals surface area (Å²) in [6, 6.07) is 12.6. The van der Waals surface area contributed by atoms with Crippen LogP contribution in [0.3, 0.4) is 0 Å². The predicted octanol–water partition coefficient (Wildman–Crippen LogP) is 3.66. The molecule has 2 N–H and O–H groups in total. The number of fused-ring (bicyclic) bond motifs is 1. The van der Waals surface area contributed by atoms with E-state index in [1.165, 1.54) is 17.7 Å². The molecule has 3 rings (SSSR count). The van der Waals surface area contributed by atoms with Crippen molar-refractivity contribution < 1.29 is 9.13 Å². The molecule has 1 heterocycles. The molecule has 2 unspecified atom stereocenters. The molecule has 1 aliphatic heterocycles. The second-order valence-corrected chi connectivity index (χ2v) is 5.04. The van der Waals surface area contributed by atoms with Crippen LogP contribution in [-0.4, -0.2) is 0 Å². The van der Waals surface area contributed by atoms with Gasteiger partial charge in [0.15, 0.2) is 0 Å². The van der Waals surface area contributed by atoms with Gasteiger partial charge in [-0.1, -0.05) is 35.9 Å². The molecular formula is C16H16FNO. The molecule has 2 atom stereocenters. The van der Waals surface area contributed by atoms with E-state index >= 15 is 0 Å². The molecule has 0 saturated carbocycles. The lowest BCUT2D eigenvalue weighted by molar-refractivity contribution is 0.161. The van der Waals surface area contributed by atoms with Crippen LogP contribution < -0.4 is 10.5 Å². The minimum Gasteiger partial charge on any atom is -0.485 e. The summed E-state index contributed by atoms with van der Waals surface area (Å²) in [5.74, 6) is 0.264. The van der Waals surface area contributed by atoms with Crippen LogP contribution >= 0.6 is 0 Å². The number of ether oxygens (including phenoxy) is 1. The van der Waals surface area contributed by atoms with E-state index in [2.05, 4.69) is 0 Å². The van der Waals surface area contributed by atoms with Gasteiger partial charge in [0.1, 0.15) is 17.7 Å². The Kier molecular flexibility index (Phi) is 2.99. The van der Waals surface area contributed by atoms with E-state index in [4.69, 9.17) is 10.5 Å². The van der Waals surface area contributed by atoms with Crippen LogP contribution in [0.5, 0.6) is 5.75 Å². The normalized spacial score (nSPS) is 21.6. The Morgan fingerprint density at radius 2 is 1.89 bits per heavy atom. The van der Waals surface area contributed by atoms with E-state index in [0.717, 1.165) is 11.1 Å². The highest BCUT2D eigenvalue weighted by Crippen LogP contribution is 2.39. The van der Waals surface area contributed by atoms with E-state index in [9.17, 15) is 4.39 Å². The van der Waals surface area contributed by atoms with Gasteiger partial charge in [-0.05, 0) is 18.6 Å². The molecule has 1 aliphatic rings. The van der Waals surface area contributed by atoms with Gasteiger partial charge in [0, 0.05) is 24.1 Å². The summed E-state index contributed by atoms with van der Waals surface area (Å²) in [6.45, 7) is 2.04. The molecule has 0 spiro atoms. The van der Waals surface area contributed by atoms with Gasteiger partial charge in [0.2, 0.25) is 0 Å². The van der Waals surface area contributed by atoms with Gasteiger partial charge in [-0.15, -0.1) is 0 Å². The lowest BCUT2D eigenvalue weighted by Gasteiger charge is -2.30. The third-order valence-corrected chi connectivity index (χ3v) is 3.56. The van der Waals surface area contributed by atoms with Crippen LogP contribution in [0.1, 0.15) is 35.3 Å². The summed E-state index contributed by atoms with van der Waals surface area (Å²) in [7, 11) is 0. The van der Waals surface area contributed by atoms with E-state index in [1.807, 2.05) is 31.2 Å². The van der Waals surface area contributed by atoms with Gasteiger partial charge in [-0.2, -0.15) is 0 Å². The van der Waals surface area contributed by atoms with Crippen LogP contribution in [-0.2, 0) is 0 Å². The number of hydrogen-bond donors (Lipinski definition) is 1. The van der Waals surface area contributed by atoms with E-state index in [1.54, 1.807) is 6.07 Å². The third-order valence-electron chi connectivity index (χ3n) is 3.56. The van der Waals surface area contributed by atoms with Gasteiger partial charge >= 0.3 is 0 Å². The van der Waals surface area contributed by atoms with Gasteiger partial charge < -0.3 is 10.5 Å².